The first-order valence-electron chi connectivity index (χ1n) is 20.0. The van der Waals surface area contributed by atoms with Gasteiger partial charge in [0.05, 0.1) is 12.3 Å². The highest BCUT2D eigenvalue weighted by Crippen LogP contribution is 2.47. The summed E-state index contributed by atoms with van der Waals surface area (Å²) in [5.74, 6) is 0.265. The van der Waals surface area contributed by atoms with E-state index in [4.69, 9.17) is 4.74 Å². The second kappa shape index (κ2) is 14.9. The minimum atomic E-state index is -0.716. The molecule has 3 amide bonds. The zero-order chi connectivity index (χ0) is 38.5. The summed E-state index contributed by atoms with van der Waals surface area (Å²) < 4.78 is 21.7. The molecule has 5 aliphatic rings. The lowest BCUT2D eigenvalue weighted by Crippen LogP contribution is -2.52. The average molecular weight is 758 g/mol. The molecule has 3 saturated heterocycles. The molecule has 0 saturated carbocycles. The Morgan fingerprint density at radius 3 is 2.38 bits per heavy atom. The zero-order valence-corrected chi connectivity index (χ0v) is 31.8. The molecule has 3 fully saturated rings. The molecule has 0 radical (unpaired) electrons. The molecule has 2 N–H and O–H groups in total. The van der Waals surface area contributed by atoms with Gasteiger partial charge in [0, 0.05) is 93.5 Å². The second-order valence-electron chi connectivity index (χ2n) is 16.2. The number of nitrogens with one attached hydrogen (secondary N) is 1. The molecule has 0 aliphatic carbocycles. The van der Waals surface area contributed by atoms with Crippen molar-refractivity contribution >= 4 is 29.1 Å². The molecule has 4 aromatic rings. The molecule has 0 aromatic heterocycles. The summed E-state index contributed by atoms with van der Waals surface area (Å²) in [4.78, 5) is 45.8. The monoisotopic (exact) mass is 757 g/mol. The largest absolute Gasteiger partial charge is 0.508 e. The number of hydrogen-bond donors (Lipinski definition) is 2. The van der Waals surface area contributed by atoms with Gasteiger partial charge in [-0.1, -0.05) is 48.0 Å². The fourth-order valence-electron chi connectivity index (χ4n) is 9.62. The van der Waals surface area contributed by atoms with E-state index in [2.05, 4.69) is 75.5 Å². The second-order valence-corrected chi connectivity index (χ2v) is 16.2. The first-order valence-corrected chi connectivity index (χ1v) is 20.0. The lowest BCUT2D eigenvalue weighted by atomic mass is 9.75. The molecule has 290 valence electrons. The summed E-state index contributed by atoms with van der Waals surface area (Å²) in [6.07, 6.45) is 2.70. The van der Waals surface area contributed by atoms with Gasteiger partial charge >= 0.3 is 0 Å². The normalized spacial score (nSPS) is 23.1. The summed E-state index contributed by atoms with van der Waals surface area (Å²) in [5, 5.41) is 12.5. The fourth-order valence-corrected chi connectivity index (χ4v) is 9.62. The topological polar surface area (TPSA) is 106 Å². The van der Waals surface area contributed by atoms with Gasteiger partial charge < -0.3 is 24.5 Å². The Morgan fingerprint density at radius 1 is 0.839 bits per heavy atom. The van der Waals surface area contributed by atoms with Gasteiger partial charge in [0.2, 0.25) is 11.8 Å². The number of halogens is 1. The Balaban J connectivity index is 0.794. The zero-order valence-electron chi connectivity index (χ0n) is 31.8. The lowest BCUT2D eigenvalue weighted by molar-refractivity contribution is -0.136. The van der Waals surface area contributed by atoms with E-state index in [9.17, 15) is 19.5 Å². The fraction of sp³-hybridized carbons (Fsp3) is 0.400. The Labute approximate surface area is 326 Å². The van der Waals surface area contributed by atoms with Crippen molar-refractivity contribution in [3.05, 3.63) is 118 Å². The number of hydrogen-bond acceptors (Lipinski definition) is 8. The van der Waals surface area contributed by atoms with Crippen molar-refractivity contribution in [2.75, 3.05) is 62.2 Å². The number of anilines is 2. The third-order valence-electron chi connectivity index (χ3n) is 12.7. The number of amides is 3. The van der Waals surface area contributed by atoms with Crippen LogP contribution in [0, 0.1) is 18.7 Å². The van der Waals surface area contributed by atoms with Gasteiger partial charge in [-0.3, -0.25) is 24.6 Å². The van der Waals surface area contributed by atoms with Crippen LogP contribution in [0.3, 0.4) is 0 Å². The van der Waals surface area contributed by atoms with E-state index in [1.54, 1.807) is 18.2 Å². The number of imide groups is 1. The Kier molecular flexibility index (Phi) is 9.65. The van der Waals surface area contributed by atoms with Crippen LogP contribution >= 0.6 is 0 Å². The van der Waals surface area contributed by atoms with E-state index in [0.29, 0.717) is 36.9 Å². The van der Waals surface area contributed by atoms with Crippen LogP contribution in [-0.4, -0.2) is 91.1 Å². The lowest BCUT2D eigenvalue weighted by Gasteiger charge is -2.40. The number of ether oxygens (including phenoxy) is 1. The van der Waals surface area contributed by atoms with Crippen LogP contribution in [-0.2, 0) is 16.1 Å². The predicted octanol–water partition coefficient (Wildman–Crippen LogP) is 5.95. The first kappa shape index (κ1) is 36.2. The molecule has 5 aliphatic heterocycles. The molecular formula is C45H48FN5O5. The SMILES string of the molecule is Cc1cccc([C@H]2COc3cc(O)ccc3C2c2ccc(N3CCC(CN4CCN(c5cc6c(cc5F)C(=O)N([C@H]5CCC(=O)NC5=O)C6)CC4)CC3)cc2)c1. The van der Waals surface area contributed by atoms with Gasteiger partial charge in [0.15, 0.2) is 0 Å². The minimum Gasteiger partial charge on any atom is -0.508 e. The maximum Gasteiger partial charge on any atom is 0.255 e. The van der Waals surface area contributed by atoms with Crippen molar-refractivity contribution in [2.24, 2.45) is 5.92 Å². The van der Waals surface area contributed by atoms with Gasteiger partial charge in [0.1, 0.15) is 23.4 Å². The summed E-state index contributed by atoms with van der Waals surface area (Å²) in [6.45, 7) is 9.05. The van der Waals surface area contributed by atoms with E-state index in [1.165, 1.54) is 33.3 Å². The van der Waals surface area contributed by atoms with Gasteiger partial charge in [-0.2, -0.15) is 0 Å². The predicted molar refractivity (Wildman–Crippen MR) is 212 cm³/mol. The third kappa shape index (κ3) is 6.97. The van der Waals surface area contributed by atoms with Crippen molar-refractivity contribution in [2.45, 2.75) is 57.0 Å². The number of phenolic OH excluding ortho intramolecular Hbond substituents is 1. The quantitative estimate of drug-likeness (QED) is 0.223. The molecule has 11 heteroatoms. The van der Waals surface area contributed by atoms with Gasteiger partial charge in [-0.15, -0.1) is 0 Å². The number of carbonyl (C=O) groups excluding carboxylic acids is 3. The Hall–Kier alpha value is -5.42. The maximum atomic E-state index is 15.5. The standard InChI is InChI=1S/C45H48FN5O5/c1-28-3-2-4-31(21-28)37-27-56-41-23-34(52)9-10-35(41)43(37)30-5-7-33(8-6-30)49-15-13-29(14-16-49)25-48-17-19-50(20-18-48)40-22-32-26-51(45(55)36(32)24-38(40)46)39-11-12-42(53)47-44(39)54/h2-10,21-24,29,37,39,43,52H,11-20,25-27H2,1H3,(H,47,53,54)/t37-,39+,43?/m1/s1. The van der Waals surface area contributed by atoms with Crippen molar-refractivity contribution in [1.82, 2.24) is 15.1 Å². The number of rotatable bonds is 7. The highest BCUT2D eigenvalue weighted by molar-refractivity contribution is 6.05. The maximum absolute atomic E-state index is 15.5. The van der Waals surface area contributed by atoms with E-state index in [1.807, 2.05) is 6.07 Å². The molecule has 1 unspecified atom stereocenters. The molecule has 3 atom stereocenters. The van der Waals surface area contributed by atoms with Crippen molar-refractivity contribution in [3.8, 4) is 11.5 Å². The van der Waals surface area contributed by atoms with Crippen LogP contribution in [0.5, 0.6) is 11.5 Å². The molecule has 56 heavy (non-hydrogen) atoms. The molecule has 9 rings (SSSR count). The molecule has 0 bridgehead atoms. The number of carbonyl (C=O) groups is 3. The van der Waals surface area contributed by atoms with Gasteiger partial charge in [0.25, 0.3) is 5.91 Å². The summed E-state index contributed by atoms with van der Waals surface area (Å²) >= 11 is 0. The number of benzene rings is 4. The Morgan fingerprint density at radius 2 is 1.62 bits per heavy atom. The molecule has 4 aromatic carbocycles. The smallest absolute Gasteiger partial charge is 0.255 e. The molecular weight excluding hydrogens is 710 g/mol. The highest BCUT2D eigenvalue weighted by Gasteiger charge is 2.40. The number of aryl methyl sites for hydroxylation is 1. The van der Waals surface area contributed by atoms with Crippen molar-refractivity contribution < 1.29 is 28.6 Å². The number of piperazine rings is 1. The average Bonchev–Trinajstić information content (AvgIpc) is 3.51. The van der Waals surface area contributed by atoms with Gasteiger partial charge in [-0.25, -0.2) is 4.39 Å². The van der Waals surface area contributed by atoms with Crippen LogP contribution in [0.15, 0.2) is 78.9 Å². The van der Waals surface area contributed by atoms with Crippen LogP contribution in [0.1, 0.15) is 75.7 Å². The van der Waals surface area contributed by atoms with Crippen molar-refractivity contribution in [1.29, 1.82) is 0 Å². The summed E-state index contributed by atoms with van der Waals surface area (Å²) in [6, 6.07) is 25.6. The van der Waals surface area contributed by atoms with Crippen LogP contribution in [0.2, 0.25) is 0 Å². The Bertz CT molecular complexity index is 2160. The van der Waals surface area contributed by atoms with E-state index in [0.717, 1.165) is 62.4 Å². The molecule has 5 heterocycles. The number of piperidine rings is 2. The van der Waals surface area contributed by atoms with Gasteiger partial charge in [-0.05, 0) is 79.1 Å². The first-order chi connectivity index (χ1) is 27.2. The van der Waals surface area contributed by atoms with E-state index < -0.39 is 17.8 Å². The number of phenols is 1. The van der Waals surface area contributed by atoms with Crippen LogP contribution in [0.4, 0.5) is 15.8 Å². The van der Waals surface area contributed by atoms with Crippen LogP contribution in [0.25, 0.3) is 0 Å². The van der Waals surface area contributed by atoms with E-state index in [-0.39, 0.29) is 48.8 Å². The molecule has 0 spiro atoms. The highest BCUT2D eigenvalue weighted by atomic mass is 19.1. The minimum absolute atomic E-state index is 0.111. The summed E-state index contributed by atoms with van der Waals surface area (Å²) in [7, 11) is 0. The molecule has 10 nitrogen and oxygen atoms in total. The third-order valence-corrected chi connectivity index (χ3v) is 12.7. The number of aromatic hydroxyl groups is 1. The summed E-state index contributed by atoms with van der Waals surface area (Å²) in [5.41, 5.74) is 7.60. The number of fused-ring (bicyclic) bond motifs is 2. The number of nitrogens with zero attached hydrogens (tertiary/aromatic N) is 4. The van der Waals surface area contributed by atoms with Crippen molar-refractivity contribution in [3.63, 3.8) is 0 Å². The van der Waals surface area contributed by atoms with E-state index >= 15 is 4.39 Å². The van der Waals surface area contributed by atoms with Crippen LogP contribution < -0.4 is 19.9 Å².